The smallest absolute Gasteiger partial charge is 0.406 e. The van der Waals surface area contributed by atoms with Gasteiger partial charge in [-0.05, 0) is 26.0 Å². The van der Waals surface area contributed by atoms with Gasteiger partial charge in [0, 0.05) is 17.0 Å². The van der Waals surface area contributed by atoms with Gasteiger partial charge in [-0.2, -0.15) is 18.4 Å². The van der Waals surface area contributed by atoms with Crippen LogP contribution in [0.1, 0.15) is 32.9 Å². The molecular formula is C17H15F3N2O2. The van der Waals surface area contributed by atoms with Gasteiger partial charge in [-0.15, -0.1) is 0 Å². The molecule has 0 aliphatic heterocycles. The summed E-state index contributed by atoms with van der Waals surface area (Å²) in [6.45, 7) is 1.67. The normalized spacial score (nSPS) is 11.2. The molecule has 0 N–H and O–H groups in total. The number of carbonyl (C=O) groups excluding carboxylic acids is 1. The van der Waals surface area contributed by atoms with Crippen LogP contribution in [0, 0.1) is 25.2 Å². The Morgan fingerprint density at radius 1 is 1.29 bits per heavy atom. The molecule has 0 atom stereocenters. The number of alkyl halides is 3. The lowest BCUT2D eigenvalue weighted by molar-refractivity contribution is -0.141. The largest absolute Gasteiger partial charge is 0.457 e. The Bertz CT molecular complexity index is 801. The first-order valence-electron chi connectivity index (χ1n) is 7.11. The molecule has 0 amide bonds. The molecule has 2 aromatic rings. The lowest BCUT2D eigenvalue weighted by Crippen LogP contribution is -2.20. The third-order valence-corrected chi connectivity index (χ3v) is 3.63. The molecule has 0 saturated heterocycles. The first kappa shape index (κ1) is 17.6. The number of benzene rings is 1. The summed E-state index contributed by atoms with van der Waals surface area (Å²) in [5.74, 6) is -0.718. The average Bonchev–Trinajstić information content (AvgIpc) is 2.79. The van der Waals surface area contributed by atoms with E-state index < -0.39 is 18.7 Å². The third-order valence-electron chi connectivity index (χ3n) is 3.63. The number of ether oxygens (including phenoxy) is 1. The highest BCUT2D eigenvalue weighted by Gasteiger charge is 2.30. The number of halogens is 3. The van der Waals surface area contributed by atoms with E-state index in [9.17, 15) is 18.0 Å². The fourth-order valence-corrected chi connectivity index (χ4v) is 2.41. The SMILES string of the molecule is Cc1cc(C(=O)OCc2ccccc2C#N)c(C)n1CC(F)(F)F. The minimum atomic E-state index is -4.37. The van der Waals surface area contributed by atoms with Crippen molar-refractivity contribution < 1.29 is 22.7 Å². The minimum Gasteiger partial charge on any atom is -0.457 e. The van der Waals surface area contributed by atoms with Gasteiger partial charge in [0.25, 0.3) is 0 Å². The van der Waals surface area contributed by atoms with Crippen molar-refractivity contribution >= 4 is 5.97 Å². The van der Waals surface area contributed by atoms with Gasteiger partial charge in [0.15, 0.2) is 0 Å². The summed E-state index contributed by atoms with van der Waals surface area (Å²) in [5.41, 5.74) is 1.54. The van der Waals surface area contributed by atoms with Crippen molar-refractivity contribution in [1.29, 1.82) is 5.26 Å². The zero-order chi connectivity index (χ0) is 17.9. The van der Waals surface area contributed by atoms with E-state index >= 15 is 0 Å². The molecule has 1 aromatic carbocycles. The Morgan fingerprint density at radius 2 is 1.96 bits per heavy atom. The van der Waals surface area contributed by atoms with Crippen LogP contribution in [0.15, 0.2) is 30.3 Å². The zero-order valence-corrected chi connectivity index (χ0v) is 13.1. The molecule has 0 spiro atoms. The number of esters is 1. The van der Waals surface area contributed by atoms with Gasteiger partial charge in [0.1, 0.15) is 13.2 Å². The van der Waals surface area contributed by atoms with Crippen LogP contribution >= 0.6 is 0 Å². The van der Waals surface area contributed by atoms with Crippen molar-refractivity contribution in [1.82, 2.24) is 4.57 Å². The van der Waals surface area contributed by atoms with Gasteiger partial charge >= 0.3 is 12.1 Å². The standard InChI is InChI=1S/C17H15F3N2O2/c1-11-7-15(12(2)22(11)10-17(18,19)20)16(23)24-9-14-6-4-3-5-13(14)8-21/h3-7H,9-10H2,1-2H3. The van der Waals surface area contributed by atoms with Gasteiger partial charge < -0.3 is 9.30 Å². The summed E-state index contributed by atoms with van der Waals surface area (Å²) >= 11 is 0. The van der Waals surface area contributed by atoms with Crippen LogP contribution in [0.5, 0.6) is 0 Å². The van der Waals surface area contributed by atoms with Gasteiger partial charge in [-0.1, -0.05) is 18.2 Å². The second-order valence-electron chi connectivity index (χ2n) is 5.33. The number of hydrogen-bond acceptors (Lipinski definition) is 3. The van der Waals surface area contributed by atoms with E-state index in [1.807, 2.05) is 6.07 Å². The molecular weight excluding hydrogens is 321 g/mol. The van der Waals surface area contributed by atoms with E-state index in [1.165, 1.54) is 19.9 Å². The molecule has 24 heavy (non-hydrogen) atoms. The van der Waals surface area contributed by atoms with Gasteiger partial charge in [-0.3, -0.25) is 0 Å². The highest BCUT2D eigenvalue weighted by molar-refractivity contribution is 5.91. The predicted octanol–water partition coefficient (Wildman–Crippen LogP) is 3.90. The first-order valence-corrected chi connectivity index (χ1v) is 7.11. The molecule has 0 radical (unpaired) electrons. The van der Waals surface area contributed by atoms with Gasteiger partial charge in [-0.25, -0.2) is 4.79 Å². The number of rotatable bonds is 4. The lowest BCUT2D eigenvalue weighted by Gasteiger charge is -2.12. The molecule has 0 aliphatic carbocycles. The van der Waals surface area contributed by atoms with Crippen molar-refractivity contribution in [3.05, 3.63) is 58.4 Å². The summed E-state index contributed by atoms with van der Waals surface area (Å²) in [5, 5.41) is 8.99. The maximum atomic E-state index is 12.6. The summed E-state index contributed by atoms with van der Waals surface area (Å²) < 4.78 is 44.0. The predicted molar refractivity (Wildman–Crippen MR) is 80.2 cm³/mol. The van der Waals surface area contributed by atoms with Crippen LogP contribution in [0.3, 0.4) is 0 Å². The molecule has 0 fully saturated rings. The van der Waals surface area contributed by atoms with E-state index in [0.717, 1.165) is 4.57 Å². The van der Waals surface area contributed by atoms with Crippen molar-refractivity contribution in [2.75, 3.05) is 0 Å². The third kappa shape index (κ3) is 3.96. The summed E-state index contributed by atoms with van der Waals surface area (Å²) in [7, 11) is 0. The Labute approximate surface area is 137 Å². The van der Waals surface area contributed by atoms with Crippen molar-refractivity contribution in [3.8, 4) is 6.07 Å². The molecule has 4 nitrogen and oxygen atoms in total. The second-order valence-corrected chi connectivity index (χ2v) is 5.33. The monoisotopic (exact) mass is 336 g/mol. The van der Waals surface area contributed by atoms with Crippen molar-refractivity contribution in [2.24, 2.45) is 0 Å². The van der Waals surface area contributed by atoms with E-state index in [-0.39, 0.29) is 17.9 Å². The number of nitriles is 1. The first-order chi connectivity index (χ1) is 11.2. The molecule has 7 heteroatoms. The number of aryl methyl sites for hydroxylation is 1. The van der Waals surface area contributed by atoms with Gasteiger partial charge in [0.05, 0.1) is 17.2 Å². The van der Waals surface area contributed by atoms with E-state index in [4.69, 9.17) is 10.00 Å². The molecule has 2 rings (SSSR count). The molecule has 0 saturated carbocycles. The molecule has 0 bridgehead atoms. The zero-order valence-electron chi connectivity index (χ0n) is 13.1. The molecule has 1 heterocycles. The van der Waals surface area contributed by atoms with Crippen LogP contribution in [-0.2, 0) is 17.9 Å². The Morgan fingerprint density at radius 3 is 2.58 bits per heavy atom. The van der Waals surface area contributed by atoms with E-state index in [0.29, 0.717) is 16.8 Å². The lowest BCUT2D eigenvalue weighted by atomic mass is 10.1. The number of aromatic nitrogens is 1. The molecule has 1 aromatic heterocycles. The summed E-state index contributed by atoms with van der Waals surface area (Å²) in [6.07, 6.45) is -4.37. The maximum Gasteiger partial charge on any atom is 0.406 e. The van der Waals surface area contributed by atoms with Crippen LogP contribution in [-0.4, -0.2) is 16.7 Å². The maximum absolute atomic E-state index is 12.6. The Balaban J connectivity index is 2.16. The molecule has 0 aliphatic rings. The van der Waals surface area contributed by atoms with Crippen LogP contribution < -0.4 is 0 Å². The number of nitrogens with zero attached hydrogens (tertiary/aromatic N) is 2. The van der Waals surface area contributed by atoms with Gasteiger partial charge in [0.2, 0.25) is 0 Å². The van der Waals surface area contributed by atoms with E-state index in [1.54, 1.807) is 24.3 Å². The van der Waals surface area contributed by atoms with E-state index in [2.05, 4.69) is 0 Å². The highest BCUT2D eigenvalue weighted by atomic mass is 19.4. The summed E-state index contributed by atoms with van der Waals surface area (Å²) in [6, 6.07) is 10.0. The minimum absolute atomic E-state index is 0.0891. The fraction of sp³-hybridized carbons (Fsp3) is 0.294. The second kappa shape index (κ2) is 6.79. The number of carbonyl (C=O) groups is 1. The Kier molecular flexibility index (Phi) is 4.98. The molecule has 126 valence electrons. The van der Waals surface area contributed by atoms with Crippen LogP contribution in [0.2, 0.25) is 0 Å². The molecule has 0 unspecified atom stereocenters. The van der Waals surface area contributed by atoms with Crippen molar-refractivity contribution in [3.63, 3.8) is 0 Å². The average molecular weight is 336 g/mol. The van der Waals surface area contributed by atoms with Crippen LogP contribution in [0.4, 0.5) is 13.2 Å². The number of hydrogen-bond donors (Lipinski definition) is 0. The quantitative estimate of drug-likeness (QED) is 0.796. The van der Waals surface area contributed by atoms with Crippen molar-refractivity contribution in [2.45, 2.75) is 33.2 Å². The highest BCUT2D eigenvalue weighted by Crippen LogP contribution is 2.24. The topological polar surface area (TPSA) is 55.0 Å². The van der Waals surface area contributed by atoms with Crippen LogP contribution in [0.25, 0.3) is 0 Å². The fourth-order valence-electron chi connectivity index (χ4n) is 2.41. The Hall–Kier alpha value is -2.75. The summed E-state index contributed by atoms with van der Waals surface area (Å²) in [4.78, 5) is 12.2.